The first-order valence-corrected chi connectivity index (χ1v) is 7.19. The molecule has 1 amide bonds. The molecule has 124 valence electrons. The van der Waals surface area contributed by atoms with Crippen LogP contribution in [0.15, 0.2) is 30.1 Å². The second-order valence-electron chi connectivity index (χ2n) is 5.13. The summed E-state index contributed by atoms with van der Waals surface area (Å²) in [6.07, 6.45) is 1.05. The number of rotatable bonds is 6. The van der Waals surface area contributed by atoms with E-state index in [4.69, 9.17) is 10.5 Å². The predicted octanol–water partition coefficient (Wildman–Crippen LogP) is 1.05. The van der Waals surface area contributed by atoms with Crippen molar-refractivity contribution in [2.75, 3.05) is 33.4 Å². The van der Waals surface area contributed by atoms with E-state index in [9.17, 15) is 14.0 Å². The standard InChI is InChI=1S/C16H19FN2O4/c1-22-15(20)9-19-5-4-12-6-13(2-3-14(12)16(19)21)23-10-11(7-17)8-18/h2-3,6-7H,4-5,8-10,18H2,1H3/b11-7+. The number of hydrogen-bond acceptors (Lipinski definition) is 5. The van der Waals surface area contributed by atoms with Crippen LogP contribution in [0.2, 0.25) is 0 Å². The smallest absolute Gasteiger partial charge is 0.325 e. The minimum absolute atomic E-state index is 0.0613. The molecule has 0 aliphatic carbocycles. The molecule has 0 spiro atoms. The van der Waals surface area contributed by atoms with Crippen molar-refractivity contribution < 1.29 is 23.5 Å². The molecule has 1 aromatic carbocycles. The van der Waals surface area contributed by atoms with Gasteiger partial charge in [-0.2, -0.15) is 0 Å². The van der Waals surface area contributed by atoms with E-state index in [0.717, 1.165) is 5.56 Å². The monoisotopic (exact) mass is 322 g/mol. The van der Waals surface area contributed by atoms with Gasteiger partial charge >= 0.3 is 5.97 Å². The molecule has 0 saturated heterocycles. The molecule has 0 saturated carbocycles. The minimum Gasteiger partial charge on any atom is -0.489 e. The number of carbonyl (C=O) groups is 2. The molecule has 2 rings (SSSR count). The van der Waals surface area contributed by atoms with Gasteiger partial charge in [0.2, 0.25) is 0 Å². The number of amides is 1. The third-order valence-corrected chi connectivity index (χ3v) is 3.63. The number of ether oxygens (including phenoxy) is 2. The quantitative estimate of drug-likeness (QED) is 0.792. The Morgan fingerprint density at radius 1 is 1.48 bits per heavy atom. The zero-order valence-electron chi connectivity index (χ0n) is 12.9. The molecule has 1 aliphatic rings. The van der Waals surface area contributed by atoms with Crippen molar-refractivity contribution in [1.82, 2.24) is 4.90 Å². The van der Waals surface area contributed by atoms with Crippen LogP contribution in [0.25, 0.3) is 0 Å². The van der Waals surface area contributed by atoms with Crippen molar-refractivity contribution >= 4 is 11.9 Å². The van der Waals surface area contributed by atoms with Crippen LogP contribution in [0.4, 0.5) is 4.39 Å². The summed E-state index contributed by atoms with van der Waals surface area (Å²) in [6.45, 7) is 0.521. The number of halogens is 1. The molecule has 23 heavy (non-hydrogen) atoms. The van der Waals surface area contributed by atoms with E-state index in [1.54, 1.807) is 18.2 Å². The fourth-order valence-corrected chi connectivity index (χ4v) is 2.28. The molecule has 0 unspecified atom stereocenters. The van der Waals surface area contributed by atoms with Crippen molar-refractivity contribution in [3.8, 4) is 5.75 Å². The highest BCUT2D eigenvalue weighted by Crippen LogP contribution is 2.24. The van der Waals surface area contributed by atoms with Crippen molar-refractivity contribution in [1.29, 1.82) is 0 Å². The first-order chi connectivity index (χ1) is 11.1. The van der Waals surface area contributed by atoms with Crippen LogP contribution in [-0.2, 0) is 16.0 Å². The van der Waals surface area contributed by atoms with Crippen molar-refractivity contribution in [3.63, 3.8) is 0 Å². The lowest BCUT2D eigenvalue weighted by Gasteiger charge is -2.27. The summed E-state index contributed by atoms with van der Waals surface area (Å²) in [7, 11) is 1.29. The lowest BCUT2D eigenvalue weighted by molar-refractivity contribution is -0.141. The van der Waals surface area contributed by atoms with Gasteiger partial charge in [0.05, 0.1) is 13.4 Å². The Morgan fingerprint density at radius 3 is 2.91 bits per heavy atom. The first kappa shape index (κ1) is 17.0. The fourth-order valence-electron chi connectivity index (χ4n) is 2.28. The summed E-state index contributed by atoms with van der Waals surface area (Å²) in [5.41, 5.74) is 7.09. The highest BCUT2D eigenvalue weighted by atomic mass is 19.1. The summed E-state index contributed by atoms with van der Waals surface area (Å²) >= 11 is 0. The van der Waals surface area contributed by atoms with Crippen LogP contribution in [0.3, 0.4) is 0 Å². The van der Waals surface area contributed by atoms with Gasteiger partial charge in [-0.05, 0) is 30.2 Å². The Kier molecular flexibility index (Phi) is 5.70. The van der Waals surface area contributed by atoms with Crippen molar-refractivity contribution in [3.05, 3.63) is 41.2 Å². The van der Waals surface area contributed by atoms with Crippen LogP contribution in [0.1, 0.15) is 15.9 Å². The molecule has 0 atom stereocenters. The fraction of sp³-hybridized carbons (Fsp3) is 0.375. The minimum atomic E-state index is -0.450. The van der Waals surface area contributed by atoms with Crippen molar-refractivity contribution in [2.24, 2.45) is 5.73 Å². The number of nitrogens with two attached hydrogens (primary N) is 1. The number of methoxy groups -OCH3 is 1. The SMILES string of the molecule is COC(=O)CN1CCc2cc(OC/C(=C/F)CN)ccc2C1=O. The lowest BCUT2D eigenvalue weighted by atomic mass is 9.98. The van der Waals surface area contributed by atoms with Gasteiger partial charge in [0, 0.05) is 24.2 Å². The van der Waals surface area contributed by atoms with E-state index in [0.29, 0.717) is 36.2 Å². The Balaban J connectivity index is 2.08. The molecule has 1 aliphatic heterocycles. The topological polar surface area (TPSA) is 81.9 Å². The maximum absolute atomic E-state index is 12.5. The van der Waals surface area contributed by atoms with Gasteiger partial charge in [-0.25, -0.2) is 4.39 Å². The number of carbonyl (C=O) groups excluding carboxylic acids is 2. The lowest BCUT2D eigenvalue weighted by Crippen LogP contribution is -2.41. The summed E-state index contributed by atoms with van der Waals surface area (Å²) in [4.78, 5) is 25.1. The van der Waals surface area contributed by atoms with Gasteiger partial charge in [-0.3, -0.25) is 9.59 Å². The van der Waals surface area contributed by atoms with Crippen LogP contribution in [0.5, 0.6) is 5.75 Å². The maximum Gasteiger partial charge on any atom is 0.325 e. The van der Waals surface area contributed by atoms with Crippen molar-refractivity contribution in [2.45, 2.75) is 6.42 Å². The number of nitrogens with zero attached hydrogens (tertiary/aromatic N) is 1. The number of hydrogen-bond donors (Lipinski definition) is 1. The van der Waals surface area contributed by atoms with E-state index in [2.05, 4.69) is 4.74 Å². The van der Waals surface area contributed by atoms with E-state index < -0.39 is 5.97 Å². The molecule has 0 aromatic heterocycles. The van der Waals surface area contributed by atoms with Crippen LogP contribution in [-0.4, -0.2) is 50.1 Å². The van der Waals surface area contributed by atoms with E-state index in [-0.39, 0.29) is 25.6 Å². The Bertz CT molecular complexity index is 631. The molecular formula is C16H19FN2O4. The molecule has 1 heterocycles. The maximum atomic E-state index is 12.5. The van der Waals surface area contributed by atoms with Gasteiger partial charge in [-0.1, -0.05) is 0 Å². The zero-order valence-corrected chi connectivity index (χ0v) is 12.9. The van der Waals surface area contributed by atoms with Crippen LogP contribution < -0.4 is 10.5 Å². The Labute approximate surface area is 133 Å². The van der Waals surface area contributed by atoms with E-state index in [1.807, 2.05) is 0 Å². The summed E-state index contributed by atoms with van der Waals surface area (Å²) in [5.74, 6) is -0.116. The Hall–Kier alpha value is -2.41. The predicted molar refractivity (Wildman–Crippen MR) is 81.8 cm³/mol. The van der Waals surface area contributed by atoms with Gasteiger partial charge in [0.1, 0.15) is 18.9 Å². The largest absolute Gasteiger partial charge is 0.489 e. The normalized spacial score (nSPS) is 14.5. The van der Waals surface area contributed by atoms with E-state index in [1.165, 1.54) is 12.0 Å². The summed E-state index contributed by atoms with van der Waals surface area (Å²) < 4.78 is 22.5. The number of benzene rings is 1. The highest BCUT2D eigenvalue weighted by molar-refractivity contribution is 5.98. The third kappa shape index (κ3) is 4.07. The molecule has 2 N–H and O–H groups in total. The molecule has 0 fully saturated rings. The van der Waals surface area contributed by atoms with Gasteiger partial charge < -0.3 is 20.1 Å². The van der Waals surface area contributed by atoms with Gasteiger partial charge in [0.25, 0.3) is 5.91 Å². The molecular weight excluding hydrogens is 303 g/mol. The Morgan fingerprint density at radius 2 is 2.26 bits per heavy atom. The molecule has 6 nitrogen and oxygen atoms in total. The molecule has 1 aromatic rings. The van der Waals surface area contributed by atoms with Crippen LogP contribution >= 0.6 is 0 Å². The zero-order chi connectivity index (χ0) is 16.8. The van der Waals surface area contributed by atoms with Crippen LogP contribution in [0, 0.1) is 0 Å². The highest BCUT2D eigenvalue weighted by Gasteiger charge is 2.26. The average Bonchev–Trinajstić information content (AvgIpc) is 2.58. The van der Waals surface area contributed by atoms with Gasteiger partial charge in [-0.15, -0.1) is 0 Å². The number of fused-ring (bicyclic) bond motifs is 1. The molecule has 7 heteroatoms. The third-order valence-electron chi connectivity index (χ3n) is 3.63. The average molecular weight is 322 g/mol. The second kappa shape index (κ2) is 7.73. The molecule has 0 radical (unpaired) electrons. The summed E-state index contributed by atoms with van der Waals surface area (Å²) in [6, 6.07) is 5.05. The first-order valence-electron chi connectivity index (χ1n) is 7.19. The second-order valence-corrected chi connectivity index (χ2v) is 5.13. The van der Waals surface area contributed by atoms with E-state index >= 15 is 0 Å². The molecule has 0 bridgehead atoms. The number of esters is 1. The van der Waals surface area contributed by atoms with Gasteiger partial charge in [0.15, 0.2) is 0 Å². The summed E-state index contributed by atoms with van der Waals surface area (Å²) in [5, 5.41) is 0.